The molecule has 0 bridgehead atoms. The molecule has 6 nitrogen and oxygen atoms in total. The molecule has 0 saturated carbocycles. The van der Waals surface area contributed by atoms with E-state index >= 15 is 0 Å². The lowest BCUT2D eigenvalue weighted by molar-refractivity contribution is 0.440. The van der Waals surface area contributed by atoms with Crippen molar-refractivity contribution < 1.29 is 16.5 Å². The second-order valence-electron chi connectivity index (χ2n) is 2.84. The minimum absolute atomic E-state index is 0.117. The summed E-state index contributed by atoms with van der Waals surface area (Å²) in [5.41, 5.74) is 0.561. The van der Waals surface area contributed by atoms with Crippen molar-refractivity contribution >= 4 is 10.5 Å². The summed E-state index contributed by atoms with van der Waals surface area (Å²) in [6.45, 7) is 0. The van der Waals surface area contributed by atoms with Crippen LogP contribution >= 0.6 is 0 Å². The Morgan fingerprint density at radius 2 is 1.94 bits per heavy atom. The van der Waals surface area contributed by atoms with E-state index in [1.54, 1.807) is 6.07 Å². The molecule has 2 rings (SSSR count). The van der Waals surface area contributed by atoms with Crippen molar-refractivity contribution in [2.24, 2.45) is 0 Å². The van der Waals surface area contributed by atoms with Gasteiger partial charge in [0.25, 0.3) is 0 Å². The Morgan fingerprint density at radius 3 is 2.56 bits per heavy atom. The first kappa shape index (κ1) is 10.6. The normalized spacial score (nSPS) is 11.3. The Bertz CT molecular complexity index is 582. The molecule has 0 saturated heterocycles. The van der Waals surface area contributed by atoms with Crippen LogP contribution in [0, 0.1) is 0 Å². The van der Waals surface area contributed by atoms with Gasteiger partial charge in [-0.15, -0.1) is 10.2 Å². The predicted octanol–water partition coefficient (Wildman–Crippen LogP) is 0.860. The summed E-state index contributed by atoms with van der Waals surface area (Å²) in [5.74, 6) is -0.117. The maximum Gasteiger partial charge on any atom is 0.488 e. The van der Waals surface area contributed by atoms with E-state index in [0.717, 1.165) is 0 Å². The summed E-state index contributed by atoms with van der Waals surface area (Å²) in [5, 5.41) is 7.17. The van der Waals surface area contributed by atoms with Gasteiger partial charge in [0.2, 0.25) is 0 Å². The molecule has 0 radical (unpaired) electrons. The molecule has 0 fully saturated rings. The molecule has 1 aromatic heterocycles. The van der Waals surface area contributed by atoms with E-state index < -0.39 is 10.5 Å². The third-order valence-electron chi connectivity index (χ3n) is 1.73. The van der Waals surface area contributed by atoms with Gasteiger partial charge in [-0.25, -0.2) is 0 Å². The van der Waals surface area contributed by atoms with Gasteiger partial charge in [-0.05, 0) is 12.1 Å². The van der Waals surface area contributed by atoms with Crippen molar-refractivity contribution in [3.63, 3.8) is 0 Å². The quantitative estimate of drug-likeness (QED) is 0.747. The molecule has 0 aliphatic carbocycles. The average Bonchev–Trinajstić information content (AvgIpc) is 2.68. The van der Waals surface area contributed by atoms with Crippen LogP contribution in [0.1, 0.15) is 0 Å². The van der Waals surface area contributed by atoms with Gasteiger partial charge in [-0.1, -0.05) is 9.95 Å². The van der Waals surface area contributed by atoms with Gasteiger partial charge in [-0.2, -0.15) is 8.42 Å². The van der Waals surface area contributed by atoms with Gasteiger partial charge < -0.3 is 4.18 Å². The molecule has 1 heterocycles. The molecule has 0 aliphatic rings. The molecule has 0 atom stereocenters. The predicted molar refractivity (Wildman–Crippen MR) is 52.0 cm³/mol. The van der Waals surface area contributed by atoms with Crippen LogP contribution in [0.2, 0.25) is 0 Å². The van der Waals surface area contributed by atoms with Gasteiger partial charge in [0, 0.05) is 6.07 Å². The lowest BCUT2D eigenvalue weighted by Gasteiger charge is -2.03. The number of benzene rings is 1. The zero-order valence-electron chi connectivity index (χ0n) is 7.82. The highest BCUT2D eigenvalue weighted by Crippen LogP contribution is 2.18. The first-order valence-electron chi connectivity index (χ1n) is 4.14. The SMILES string of the molecule is O=S(=O)(F)Oc1cccc(-n2cnnc2)c1. The number of rotatable bonds is 3. The van der Waals surface area contributed by atoms with Crippen LogP contribution in [0.3, 0.4) is 0 Å². The van der Waals surface area contributed by atoms with E-state index in [9.17, 15) is 12.3 Å². The second-order valence-corrected chi connectivity index (χ2v) is 3.80. The summed E-state index contributed by atoms with van der Waals surface area (Å²) < 4.78 is 38.4. The summed E-state index contributed by atoms with van der Waals surface area (Å²) in [7, 11) is -5.00. The summed E-state index contributed by atoms with van der Waals surface area (Å²) in [6, 6.07) is 5.86. The van der Waals surface area contributed by atoms with Crippen LogP contribution in [0.5, 0.6) is 5.75 Å². The number of nitrogens with zero attached hydrogens (tertiary/aromatic N) is 3. The standard InChI is InChI=1S/C8H6FN3O3S/c9-16(13,14)15-8-3-1-2-7(4-8)12-5-10-11-6-12/h1-6H. The van der Waals surface area contributed by atoms with Gasteiger partial charge in [0.15, 0.2) is 0 Å². The average molecular weight is 243 g/mol. The highest BCUT2D eigenvalue weighted by Gasteiger charge is 2.09. The maximum atomic E-state index is 12.3. The smallest absolute Gasteiger partial charge is 0.358 e. The van der Waals surface area contributed by atoms with E-state index in [2.05, 4.69) is 14.4 Å². The van der Waals surface area contributed by atoms with Crippen LogP contribution in [-0.2, 0) is 10.5 Å². The molecule has 0 amide bonds. The van der Waals surface area contributed by atoms with Crippen LogP contribution < -0.4 is 4.18 Å². The van der Waals surface area contributed by atoms with E-state index in [1.165, 1.54) is 35.4 Å². The molecule has 2 aromatic rings. The summed E-state index contributed by atoms with van der Waals surface area (Å²) in [6.07, 6.45) is 2.84. The van der Waals surface area contributed by atoms with Crippen molar-refractivity contribution in [3.05, 3.63) is 36.9 Å². The first-order valence-corrected chi connectivity index (χ1v) is 5.44. The van der Waals surface area contributed by atoms with E-state index in [4.69, 9.17) is 0 Å². The molecule has 8 heteroatoms. The number of halogens is 1. The Hall–Kier alpha value is -1.96. The van der Waals surface area contributed by atoms with E-state index in [1.807, 2.05) is 0 Å². The topological polar surface area (TPSA) is 74.1 Å². The maximum absolute atomic E-state index is 12.3. The van der Waals surface area contributed by atoms with Gasteiger partial charge in [0.1, 0.15) is 18.4 Å². The van der Waals surface area contributed by atoms with Crippen molar-refractivity contribution in [1.29, 1.82) is 0 Å². The van der Waals surface area contributed by atoms with Crippen molar-refractivity contribution in [2.75, 3.05) is 0 Å². The lowest BCUT2D eigenvalue weighted by atomic mass is 10.3. The van der Waals surface area contributed by atoms with Gasteiger partial charge in [0.05, 0.1) is 5.69 Å². The molecule has 84 valence electrons. The van der Waals surface area contributed by atoms with Crippen molar-refractivity contribution in [2.45, 2.75) is 0 Å². The molecule has 1 aromatic carbocycles. The third-order valence-corrected chi connectivity index (χ3v) is 2.12. The van der Waals surface area contributed by atoms with Crippen LogP contribution in [-0.4, -0.2) is 23.2 Å². The van der Waals surface area contributed by atoms with E-state index in [0.29, 0.717) is 5.69 Å². The van der Waals surface area contributed by atoms with Crippen LogP contribution in [0.15, 0.2) is 36.9 Å². The Balaban J connectivity index is 2.34. The van der Waals surface area contributed by atoms with Gasteiger partial charge in [-0.3, -0.25) is 4.57 Å². The Kier molecular flexibility index (Phi) is 2.57. The highest BCUT2D eigenvalue weighted by atomic mass is 32.3. The van der Waals surface area contributed by atoms with E-state index in [-0.39, 0.29) is 5.75 Å². The highest BCUT2D eigenvalue weighted by molar-refractivity contribution is 7.81. The molecule has 0 unspecified atom stereocenters. The second kappa shape index (κ2) is 3.89. The molecular formula is C8H6FN3O3S. The van der Waals surface area contributed by atoms with Crippen LogP contribution in [0.25, 0.3) is 5.69 Å². The van der Waals surface area contributed by atoms with Crippen LogP contribution in [0.4, 0.5) is 3.89 Å². The zero-order valence-corrected chi connectivity index (χ0v) is 8.63. The molecular weight excluding hydrogens is 237 g/mol. The monoisotopic (exact) mass is 243 g/mol. The number of aromatic nitrogens is 3. The molecule has 16 heavy (non-hydrogen) atoms. The third kappa shape index (κ3) is 2.54. The summed E-state index contributed by atoms with van der Waals surface area (Å²) >= 11 is 0. The number of hydrogen-bond acceptors (Lipinski definition) is 5. The van der Waals surface area contributed by atoms with Gasteiger partial charge >= 0.3 is 10.5 Å². The first-order chi connectivity index (χ1) is 7.54. The zero-order chi connectivity index (χ0) is 11.6. The molecule has 0 spiro atoms. The largest absolute Gasteiger partial charge is 0.488 e. The fraction of sp³-hybridized carbons (Fsp3) is 0. The fourth-order valence-corrected chi connectivity index (χ4v) is 1.48. The Morgan fingerprint density at radius 1 is 1.25 bits per heavy atom. The van der Waals surface area contributed by atoms with Crippen molar-refractivity contribution in [3.8, 4) is 11.4 Å². The lowest BCUT2D eigenvalue weighted by Crippen LogP contribution is -2.01. The minimum Gasteiger partial charge on any atom is -0.358 e. The summed E-state index contributed by atoms with van der Waals surface area (Å²) in [4.78, 5) is 0. The molecule has 0 aliphatic heterocycles. The van der Waals surface area contributed by atoms with Crippen molar-refractivity contribution in [1.82, 2.24) is 14.8 Å². The minimum atomic E-state index is -5.00. The number of hydrogen-bond donors (Lipinski definition) is 0. The fourth-order valence-electron chi connectivity index (χ4n) is 1.14. The molecule has 0 N–H and O–H groups in total. The Labute approximate surface area is 90.7 Å².